The lowest BCUT2D eigenvalue weighted by molar-refractivity contribution is -0.153. The fourth-order valence-corrected chi connectivity index (χ4v) is 3.23. The van der Waals surface area contributed by atoms with Crippen LogP contribution in [-0.4, -0.2) is 47.2 Å². The molecule has 2 atom stereocenters. The first kappa shape index (κ1) is 16.2. The molecule has 0 saturated carbocycles. The molecule has 0 spiro atoms. The predicted molar refractivity (Wildman–Crippen MR) is 93.9 cm³/mol. The van der Waals surface area contributed by atoms with Crippen molar-refractivity contribution in [3.63, 3.8) is 0 Å². The summed E-state index contributed by atoms with van der Waals surface area (Å²) >= 11 is 3.40. The van der Waals surface area contributed by atoms with E-state index < -0.39 is 6.10 Å². The van der Waals surface area contributed by atoms with Crippen molar-refractivity contribution in [1.29, 1.82) is 0 Å². The molecule has 6 nitrogen and oxygen atoms in total. The number of hydrogen-bond acceptors (Lipinski definition) is 5. The highest BCUT2D eigenvalue weighted by Crippen LogP contribution is 2.34. The van der Waals surface area contributed by atoms with Crippen LogP contribution < -0.4 is 14.2 Å². The summed E-state index contributed by atoms with van der Waals surface area (Å²) in [5.74, 6) is 1.73. The van der Waals surface area contributed by atoms with E-state index in [9.17, 15) is 4.79 Å². The van der Waals surface area contributed by atoms with E-state index in [1.165, 1.54) is 0 Å². The van der Waals surface area contributed by atoms with Crippen LogP contribution in [0, 0.1) is 0 Å². The number of para-hydroxylation sites is 2. The number of carbonyl (C=O) groups is 1. The summed E-state index contributed by atoms with van der Waals surface area (Å²) in [6.07, 6.45) is 0.626. The van der Waals surface area contributed by atoms with Crippen LogP contribution in [0.15, 0.2) is 47.1 Å². The second-order valence-electron chi connectivity index (χ2n) is 6.08. The number of fused-ring (bicyclic) bond motifs is 1. The predicted octanol–water partition coefficient (Wildman–Crippen LogP) is 2.66. The van der Waals surface area contributed by atoms with Crippen LogP contribution in [0.4, 0.5) is 0 Å². The van der Waals surface area contributed by atoms with Crippen LogP contribution in [0.1, 0.15) is 6.92 Å². The molecule has 0 bridgehead atoms. The molecular weight excluding hydrogens is 388 g/mol. The lowest BCUT2D eigenvalue weighted by atomic mass is 10.1. The Hall–Kier alpha value is -2.28. The van der Waals surface area contributed by atoms with Gasteiger partial charge in [-0.2, -0.15) is 0 Å². The minimum Gasteiger partial charge on any atom is -0.482 e. The molecule has 1 fully saturated rings. The van der Waals surface area contributed by atoms with Gasteiger partial charge in [-0.15, -0.1) is 0 Å². The number of amides is 1. The van der Waals surface area contributed by atoms with Crippen LogP contribution in [0.25, 0.3) is 0 Å². The van der Waals surface area contributed by atoms with Crippen LogP contribution in [-0.2, 0) is 4.79 Å². The van der Waals surface area contributed by atoms with Gasteiger partial charge in [-0.05, 0) is 47.1 Å². The Bertz CT molecular complexity index is 794. The SMILES string of the molecule is CC1Oc2ccccc2OC1C(=O)N1CC(Oc2ncccc2Br)C1. The van der Waals surface area contributed by atoms with Gasteiger partial charge in [0.05, 0.1) is 17.6 Å². The second kappa shape index (κ2) is 6.55. The average Bonchev–Trinajstić information content (AvgIpc) is 2.58. The lowest BCUT2D eigenvalue weighted by Crippen LogP contribution is -2.61. The molecule has 1 amide bonds. The van der Waals surface area contributed by atoms with E-state index in [-0.39, 0.29) is 18.1 Å². The summed E-state index contributed by atoms with van der Waals surface area (Å²) in [7, 11) is 0. The van der Waals surface area contributed by atoms with E-state index in [0.717, 1.165) is 4.47 Å². The third-order valence-electron chi connectivity index (χ3n) is 4.25. The number of benzene rings is 1. The molecule has 2 aliphatic rings. The Kier molecular flexibility index (Phi) is 4.25. The lowest BCUT2D eigenvalue weighted by Gasteiger charge is -2.42. The van der Waals surface area contributed by atoms with Gasteiger partial charge in [-0.3, -0.25) is 4.79 Å². The van der Waals surface area contributed by atoms with Crippen LogP contribution in [0.3, 0.4) is 0 Å². The Morgan fingerprint density at radius 1 is 1.20 bits per heavy atom. The Labute approximate surface area is 153 Å². The standard InChI is InChI=1S/C18H17BrN2O4/c1-11-16(25-15-7-3-2-6-14(15)23-11)18(22)21-9-12(10-21)24-17-13(19)5-4-8-20-17/h2-8,11-12,16H,9-10H2,1H3. The van der Waals surface area contributed by atoms with Gasteiger partial charge in [0, 0.05) is 6.20 Å². The Balaban J connectivity index is 1.36. The number of ether oxygens (including phenoxy) is 3. The topological polar surface area (TPSA) is 60.9 Å². The monoisotopic (exact) mass is 404 g/mol. The van der Waals surface area contributed by atoms with E-state index in [2.05, 4.69) is 20.9 Å². The van der Waals surface area contributed by atoms with E-state index in [0.29, 0.717) is 30.5 Å². The van der Waals surface area contributed by atoms with Gasteiger partial charge in [0.2, 0.25) is 12.0 Å². The molecule has 2 aromatic rings. The zero-order valence-electron chi connectivity index (χ0n) is 13.6. The maximum atomic E-state index is 12.7. The first-order valence-electron chi connectivity index (χ1n) is 8.10. The molecule has 130 valence electrons. The van der Waals surface area contributed by atoms with Gasteiger partial charge in [0.1, 0.15) is 12.2 Å². The largest absolute Gasteiger partial charge is 0.482 e. The first-order chi connectivity index (χ1) is 12.1. The van der Waals surface area contributed by atoms with Crippen molar-refractivity contribution in [2.24, 2.45) is 0 Å². The molecular formula is C18H17BrN2O4. The van der Waals surface area contributed by atoms with E-state index in [4.69, 9.17) is 14.2 Å². The van der Waals surface area contributed by atoms with Crippen molar-refractivity contribution in [2.75, 3.05) is 13.1 Å². The molecule has 1 aromatic heterocycles. The van der Waals surface area contributed by atoms with Gasteiger partial charge in [0.25, 0.3) is 5.91 Å². The number of rotatable bonds is 3. The van der Waals surface area contributed by atoms with Crippen molar-refractivity contribution >= 4 is 21.8 Å². The third kappa shape index (κ3) is 3.16. The average molecular weight is 405 g/mol. The van der Waals surface area contributed by atoms with Gasteiger partial charge in [0.15, 0.2) is 11.5 Å². The van der Waals surface area contributed by atoms with Crippen LogP contribution in [0.5, 0.6) is 17.4 Å². The summed E-state index contributed by atoms with van der Waals surface area (Å²) in [5.41, 5.74) is 0. The number of halogens is 1. The van der Waals surface area contributed by atoms with Crippen molar-refractivity contribution in [3.05, 3.63) is 47.1 Å². The summed E-state index contributed by atoms with van der Waals surface area (Å²) in [6.45, 7) is 2.86. The number of nitrogens with zero attached hydrogens (tertiary/aromatic N) is 2. The minimum atomic E-state index is -0.641. The van der Waals surface area contributed by atoms with E-state index >= 15 is 0 Å². The van der Waals surface area contributed by atoms with Crippen molar-refractivity contribution in [1.82, 2.24) is 9.88 Å². The molecule has 0 aliphatic carbocycles. The molecule has 2 aliphatic heterocycles. The Morgan fingerprint density at radius 2 is 1.92 bits per heavy atom. The molecule has 25 heavy (non-hydrogen) atoms. The number of hydrogen-bond donors (Lipinski definition) is 0. The minimum absolute atomic E-state index is 0.0674. The molecule has 1 saturated heterocycles. The number of likely N-dealkylation sites (tertiary alicyclic amines) is 1. The smallest absolute Gasteiger partial charge is 0.267 e. The van der Waals surface area contributed by atoms with Gasteiger partial charge in [-0.1, -0.05) is 12.1 Å². The highest BCUT2D eigenvalue weighted by Gasteiger charge is 2.42. The molecule has 7 heteroatoms. The molecule has 4 rings (SSSR count). The second-order valence-corrected chi connectivity index (χ2v) is 6.94. The molecule has 3 heterocycles. The maximum Gasteiger partial charge on any atom is 0.267 e. The number of aromatic nitrogens is 1. The van der Waals surface area contributed by atoms with Gasteiger partial charge < -0.3 is 19.1 Å². The van der Waals surface area contributed by atoms with Crippen molar-refractivity contribution in [3.8, 4) is 17.4 Å². The highest BCUT2D eigenvalue weighted by molar-refractivity contribution is 9.10. The van der Waals surface area contributed by atoms with Crippen molar-refractivity contribution < 1.29 is 19.0 Å². The molecule has 2 unspecified atom stereocenters. The van der Waals surface area contributed by atoms with Crippen molar-refractivity contribution in [2.45, 2.75) is 25.2 Å². The number of pyridine rings is 1. The normalized spacial score (nSPS) is 22.2. The molecule has 0 radical (unpaired) electrons. The summed E-state index contributed by atoms with van der Waals surface area (Å²) in [6, 6.07) is 11.1. The summed E-state index contributed by atoms with van der Waals surface area (Å²) < 4.78 is 18.3. The fourth-order valence-electron chi connectivity index (χ4n) is 2.88. The van der Waals surface area contributed by atoms with E-state index in [1.54, 1.807) is 11.1 Å². The molecule has 1 aromatic carbocycles. The highest BCUT2D eigenvalue weighted by atomic mass is 79.9. The van der Waals surface area contributed by atoms with Crippen LogP contribution >= 0.6 is 15.9 Å². The third-order valence-corrected chi connectivity index (χ3v) is 4.85. The zero-order valence-corrected chi connectivity index (χ0v) is 15.2. The molecule has 0 N–H and O–H groups in total. The fraction of sp³-hybridized carbons (Fsp3) is 0.333. The van der Waals surface area contributed by atoms with Gasteiger partial charge in [-0.25, -0.2) is 4.98 Å². The Morgan fingerprint density at radius 3 is 2.64 bits per heavy atom. The van der Waals surface area contributed by atoms with Crippen LogP contribution in [0.2, 0.25) is 0 Å². The quantitative estimate of drug-likeness (QED) is 0.786. The van der Waals surface area contributed by atoms with Gasteiger partial charge >= 0.3 is 0 Å². The summed E-state index contributed by atoms with van der Waals surface area (Å²) in [4.78, 5) is 18.6. The number of carbonyl (C=O) groups excluding carboxylic acids is 1. The first-order valence-corrected chi connectivity index (χ1v) is 8.89. The van der Waals surface area contributed by atoms with E-state index in [1.807, 2.05) is 43.3 Å². The maximum absolute atomic E-state index is 12.7. The zero-order chi connectivity index (χ0) is 17.4. The summed E-state index contributed by atoms with van der Waals surface area (Å²) in [5, 5.41) is 0.